The number of halogens is 1. The number of hydrogen-bond acceptors (Lipinski definition) is 3. The Bertz CT molecular complexity index is 416. The molecule has 1 fully saturated rings. The van der Waals surface area contributed by atoms with E-state index in [0.717, 1.165) is 19.6 Å². The van der Waals surface area contributed by atoms with Crippen LogP contribution in [0.2, 0.25) is 0 Å². The topological polar surface area (TPSA) is 32.5 Å². The Kier molecular flexibility index (Phi) is 5.52. The van der Waals surface area contributed by atoms with Crippen molar-refractivity contribution in [3.8, 4) is 0 Å². The third kappa shape index (κ3) is 3.78. The van der Waals surface area contributed by atoms with Crippen molar-refractivity contribution in [1.82, 2.24) is 9.80 Å². The third-order valence-electron chi connectivity index (χ3n) is 4.42. The maximum Gasteiger partial charge on any atom is 0.128 e. The highest BCUT2D eigenvalue weighted by molar-refractivity contribution is 5.21. The van der Waals surface area contributed by atoms with Gasteiger partial charge in [0.05, 0.1) is 0 Å². The lowest BCUT2D eigenvalue weighted by Gasteiger charge is -2.37. The summed E-state index contributed by atoms with van der Waals surface area (Å²) >= 11 is 0. The van der Waals surface area contributed by atoms with E-state index in [1.165, 1.54) is 18.9 Å². The zero-order valence-electron chi connectivity index (χ0n) is 12.6. The highest BCUT2D eigenvalue weighted by Crippen LogP contribution is 2.20. The van der Waals surface area contributed by atoms with E-state index in [-0.39, 0.29) is 11.9 Å². The second kappa shape index (κ2) is 7.16. The zero-order chi connectivity index (χ0) is 14.5. The molecule has 2 rings (SSSR count). The number of rotatable bonds is 5. The van der Waals surface area contributed by atoms with Crippen molar-refractivity contribution in [2.45, 2.75) is 31.8 Å². The first kappa shape index (κ1) is 15.4. The molecule has 1 heterocycles. The molecule has 1 saturated heterocycles. The molecule has 1 atom stereocenters. The van der Waals surface area contributed by atoms with E-state index in [9.17, 15) is 4.39 Å². The van der Waals surface area contributed by atoms with Gasteiger partial charge in [0, 0.05) is 24.2 Å². The van der Waals surface area contributed by atoms with Gasteiger partial charge in [-0.05, 0) is 45.6 Å². The molecule has 0 radical (unpaired) electrons. The van der Waals surface area contributed by atoms with Crippen LogP contribution in [0.1, 0.15) is 31.4 Å². The number of likely N-dealkylation sites (N-methyl/N-ethyl adjacent to an activating group) is 1. The Morgan fingerprint density at radius 2 is 2.00 bits per heavy atom. The van der Waals surface area contributed by atoms with Crippen LogP contribution in [0.25, 0.3) is 0 Å². The minimum atomic E-state index is -0.259. The lowest BCUT2D eigenvalue weighted by molar-refractivity contribution is 0.126. The van der Waals surface area contributed by atoms with E-state index >= 15 is 0 Å². The molecule has 1 aromatic carbocycles. The summed E-state index contributed by atoms with van der Waals surface area (Å²) < 4.78 is 13.7. The van der Waals surface area contributed by atoms with Gasteiger partial charge in [-0.25, -0.2) is 4.39 Å². The molecule has 1 aromatic rings. The fourth-order valence-corrected chi connectivity index (χ4v) is 3.01. The molecule has 4 heteroatoms. The molecule has 1 unspecified atom stereocenters. The van der Waals surface area contributed by atoms with Crippen LogP contribution >= 0.6 is 0 Å². The van der Waals surface area contributed by atoms with Gasteiger partial charge < -0.3 is 15.5 Å². The highest BCUT2D eigenvalue weighted by atomic mass is 19.1. The van der Waals surface area contributed by atoms with Gasteiger partial charge in [-0.1, -0.05) is 25.1 Å². The molecule has 0 saturated carbocycles. The molecule has 0 aromatic heterocycles. The second-order valence-electron chi connectivity index (χ2n) is 5.73. The lowest BCUT2D eigenvalue weighted by atomic mass is 10.0. The standard InChI is InChI=1S/C16H26FN3/c1-3-20-10-8-13(9-11-20)19(2)12-16(18)14-6-4-5-7-15(14)17/h4-7,13,16H,3,8-12,18H2,1-2H3. The van der Waals surface area contributed by atoms with E-state index in [4.69, 9.17) is 5.73 Å². The Morgan fingerprint density at radius 1 is 1.35 bits per heavy atom. The smallest absolute Gasteiger partial charge is 0.128 e. The first-order chi connectivity index (χ1) is 9.61. The number of nitrogens with zero attached hydrogens (tertiary/aromatic N) is 2. The predicted molar refractivity (Wildman–Crippen MR) is 81.1 cm³/mol. The molecule has 112 valence electrons. The van der Waals surface area contributed by atoms with Crippen molar-refractivity contribution in [2.24, 2.45) is 5.73 Å². The monoisotopic (exact) mass is 279 g/mol. The second-order valence-corrected chi connectivity index (χ2v) is 5.73. The van der Waals surface area contributed by atoms with E-state index in [2.05, 4.69) is 23.8 Å². The fourth-order valence-electron chi connectivity index (χ4n) is 3.01. The minimum Gasteiger partial charge on any atom is -0.323 e. The molecule has 3 nitrogen and oxygen atoms in total. The van der Waals surface area contributed by atoms with Gasteiger partial charge in [0.2, 0.25) is 0 Å². The van der Waals surface area contributed by atoms with Crippen molar-refractivity contribution in [2.75, 3.05) is 33.2 Å². The Morgan fingerprint density at radius 3 is 2.60 bits per heavy atom. The Hall–Kier alpha value is -0.970. The SMILES string of the molecule is CCN1CCC(N(C)CC(N)c2ccccc2F)CC1. The van der Waals surface area contributed by atoms with Crippen molar-refractivity contribution in [3.63, 3.8) is 0 Å². The molecule has 0 amide bonds. The van der Waals surface area contributed by atoms with Gasteiger partial charge in [-0.3, -0.25) is 0 Å². The summed E-state index contributed by atoms with van der Waals surface area (Å²) in [5.74, 6) is -0.200. The number of nitrogens with two attached hydrogens (primary N) is 1. The maximum absolute atomic E-state index is 13.7. The van der Waals surface area contributed by atoms with Gasteiger partial charge in [0.25, 0.3) is 0 Å². The van der Waals surface area contributed by atoms with E-state index < -0.39 is 0 Å². The molecular formula is C16H26FN3. The molecule has 20 heavy (non-hydrogen) atoms. The number of piperidine rings is 1. The molecule has 1 aliphatic heterocycles. The van der Waals surface area contributed by atoms with Crippen LogP contribution in [0.15, 0.2) is 24.3 Å². The van der Waals surface area contributed by atoms with Crippen molar-refractivity contribution < 1.29 is 4.39 Å². The molecule has 0 bridgehead atoms. The highest BCUT2D eigenvalue weighted by Gasteiger charge is 2.23. The summed E-state index contributed by atoms with van der Waals surface area (Å²) in [7, 11) is 2.10. The molecule has 1 aliphatic rings. The van der Waals surface area contributed by atoms with E-state index in [1.54, 1.807) is 12.1 Å². The minimum absolute atomic E-state index is 0.200. The first-order valence-electron chi connectivity index (χ1n) is 7.54. The van der Waals surface area contributed by atoms with Crippen molar-refractivity contribution in [1.29, 1.82) is 0 Å². The van der Waals surface area contributed by atoms with Crippen LogP contribution in [0.5, 0.6) is 0 Å². The molecule has 2 N–H and O–H groups in total. The summed E-state index contributed by atoms with van der Waals surface area (Å²) in [4.78, 5) is 4.77. The van der Waals surface area contributed by atoms with E-state index in [1.807, 2.05) is 6.07 Å². The van der Waals surface area contributed by atoms with Crippen LogP contribution in [0, 0.1) is 5.82 Å². The number of benzene rings is 1. The zero-order valence-corrected chi connectivity index (χ0v) is 12.6. The van der Waals surface area contributed by atoms with Gasteiger partial charge in [-0.15, -0.1) is 0 Å². The number of likely N-dealkylation sites (tertiary alicyclic amines) is 1. The molecule has 0 aliphatic carbocycles. The molecule has 0 spiro atoms. The van der Waals surface area contributed by atoms with Crippen LogP contribution in [0.3, 0.4) is 0 Å². The third-order valence-corrected chi connectivity index (χ3v) is 4.42. The van der Waals surface area contributed by atoms with Crippen LogP contribution in [-0.4, -0.2) is 49.1 Å². The van der Waals surface area contributed by atoms with Crippen molar-refractivity contribution >= 4 is 0 Å². The summed E-state index contributed by atoms with van der Waals surface area (Å²) in [6.07, 6.45) is 2.35. The van der Waals surface area contributed by atoms with Crippen molar-refractivity contribution in [3.05, 3.63) is 35.6 Å². The first-order valence-corrected chi connectivity index (χ1v) is 7.54. The lowest BCUT2D eigenvalue weighted by Crippen LogP contribution is -2.45. The Labute approximate surface area is 121 Å². The van der Waals surface area contributed by atoms with Crippen LogP contribution in [0.4, 0.5) is 4.39 Å². The maximum atomic E-state index is 13.7. The Balaban J connectivity index is 1.88. The summed E-state index contributed by atoms with van der Waals surface area (Å²) in [5, 5.41) is 0. The number of hydrogen-bond donors (Lipinski definition) is 1. The van der Waals surface area contributed by atoms with Gasteiger partial charge in [0.1, 0.15) is 5.82 Å². The van der Waals surface area contributed by atoms with Gasteiger partial charge in [-0.2, -0.15) is 0 Å². The summed E-state index contributed by atoms with van der Waals surface area (Å²) in [5.41, 5.74) is 6.78. The van der Waals surface area contributed by atoms with Gasteiger partial charge >= 0.3 is 0 Å². The average molecular weight is 279 g/mol. The van der Waals surface area contributed by atoms with Crippen LogP contribution in [-0.2, 0) is 0 Å². The predicted octanol–water partition coefficient (Wildman–Crippen LogP) is 2.24. The average Bonchev–Trinajstić information content (AvgIpc) is 2.47. The largest absolute Gasteiger partial charge is 0.323 e. The summed E-state index contributed by atoms with van der Waals surface area (Å²) in [6.45, 7) is 6.35. The van der Waals surface area contributed by atoms with Crippen LogP contribution < -0.4 is 5.73 Å². The van der Waals surface area contributed by atoms with Gasteiger partial charge in [0.15, 0.2) is 0 Å². The summed E-state index contributed by atoms with van der Waals surface area (Å²) in [6, 6.07) is 7.12. The fraction of sp³-hybridized carbons (Fsp3) is 0.625. The quantitative estimate of drug-likeness (QED) is 0.897. The van der Waals surface area contributed by atoms with E-state index in [0.29, 0.717) is 18.2 Å². The normalized spacial score (nSPS) is 19.4. The molecular weight excluding hydrogens is 253 g/mol.